The van der Waals surface area contributed by atoms with Gasteiger partial charge in [-0.2, -0.15) is 0 Å². The van der Waals surface area contributed by atoms with E-state index in [4.69, 9.17) is 14.2 Å². The molecule has 32 heavy (non-hydrogen) atoms. The van der Waals surface area contributed by atoms with Crippen LogP contribution in [-0.4, -0.2) is 45.2 Å². The highest BCUT2D eigenvalue weighted by molar-refractivity contribution is 5.95. The fourth-order valence-electron chi connectivity index (χ4n) is 5.44. The fourth-order valence-corrected chi connectivity index (χ4v) is 5.44. The molecule has 168 valence electrons. The number of ether oxygens (including phenoxy) is 3. The van der Waals surface area contributed by atoms with Gasteiger partial charge in [0.15, 0.2) is 11.5 Å². The van der Waals surface area contributed by atoms with Crippen LogP contribution >= 0.6 is 0 Å². The van der Waals surface area contributed by atoms with E-state index in [0.717, 1.165) is 49.2 Å². The molecule has 1 amide bonds. The predicted octanol–water partition coefficient (Wildman–Crippen LogP) is 4.77. The first-order chi connectivity index (χ1) is 15.6. The standard InChI is InChI=1S/C26H30N2O4/c1-30-22-14-17(15-23(31-2)25(22)32-3)24-19-8-6-7-18(19)20-13-16(9-10-21(20)27-24)26(29)28-11-4-5-12-28/h6-7,9-10,13-15,18-19,24,27H,4-5,8,11-12H2,1-3H3. The number of rotatable bonds is 5. The van der Waals surface area contributed by atoms with Crippen molar-refractivity contribution in [2.45, 2.75) is 31.2 Å². The molecular weight excluding hydrogens is 404 g/mol. The second kappa shape index (κ2) is 8.41. The first-order valence-electron chi connectivity index (χ1n) is 11.3. The Morgan fingerprint density at radius 2 is 1.72 bits per heavy atom. The number of fused-ring (bicyclic) bond motifs is 3. The van der Waals surface area contributed by atoms with E-state index in [1.165, 1.54) is 5.56 Å². The Bertz CT molecular complexity index is 1030. The van der Waals surface area contributed by atoms with Crippen LogP contribution in [-0.2, 0) is 0 Å². The molecule has 0 radical (unpaired) electrons. The van der Waals surface area contributed by atoms with Crippen LogP contribution in [0.15, 0.2) is 42.5 Å². The zero-order chi connectivity index (χ0) is 22.2. The average Bonchev–Trinajstić information content (AvgIpc) is 3.54. The summed E-state index contributed by atoms with van der Waals surface area (Å²) in [5, 5.41) is 3.74. The fraction of sp³-hybridized carbons (Fsp3) is 0.423. The summed E-state index contributed by atoms with van der Waals surface area (Å²) in [5.41, 5.74) is 4.17. The average molecular weight is 435 g/mol. The van der Waals surface area contributed by atoms with Gasteiger partial charge in [-0.25, -0.2) is 0 Å². The third-order valence-electron chi connectivity index (χ3n) is 7.05. The number of nitrogens with one attached hydrogen (secondary N) is 1. The topological polar surface area (TPSA) is 60.0 Å². The molecule has 1 fully saturated rings. The van der Waals surface area contributed by atoms with Gasteiger partial charge in [0.2, 0.25) is 5.75 Å². The summed E-state index contributed by atoms with van der Waals surface area (Å²) >= 11 is 0. The van der Waals surface area contributed by atoms with Crippen molar-refractivity contribution in [3.8, 4) is 17.2 Å². The molecule has 2 aromatic rings. The number of allylic oxidation sites excluding steroid dienone is 2. The first kappa shape index (κ1) is 20.7. The number of amides is 1. The monoisotopic (exact) mass is 434 g/mol. The lowest BCUT2D eigenvalue weighted by molar-refractivity contribution is 0.0792. The molecule has 3 unspecified atom stereocenters. The van der Waals surface area contributed by atoms with Gasteiger partial charge in [0.05, 0.1) is 27.4 Å². The molecular formula is C26H30N2O4. The highest BCUT2D eigenvalue weighted by Crippen LogP contribution is 2.51. The molecule has 5 rings (SSSR count). The summed E-state index contributed by atoms with van der Waals surface area (Å²) in [7, 11) is 4.90. The van der Waals surface area contributed by atoms with Crippen LogP contribution in [0.25, 0.3) is 0 Å². The highest BCUT2D eigenvalue weighted by Gasteiger charge is 2.39. The number of benzene rings is 2. The molecule has 0 saturated carbocycles. The maximum absolute atomic E-state index is 13.0. The molecule has 2 aliphatic heterocycles. The molecule has 6 nitrogen and oxygen atoms in total. The molecule has 0 aromatic heterocycles. The number of hydrogen-bond acceptors (Lipinski definition) is 5. The minimum absolute atomic E-state index is 0.0938. The smallest absolute Gasteiger partial charge is 0.253 e. The maximum atomic E-state index is 13.0. The van der Waals surface area contributed by atoms with E-state index in [-0.39, 0.29) is 17.9 Å². The second-order valence-corrected chi connectivity index (χ2v) is 8.74. The van der Waals surface area contributed by atoms with Gasteiger partial charge >= 0.3 is 0 Å². The van der Waals surface area contributed by atoms with E-state index in [9.17, 15) is 4.79 Å². The van der Waals surface area contributed by atoms with E-state index in [2.05, 4.69) is 29.6 Å². The van der Waals surface area contributed by atoms with Gasteiger partial charge in [-0.05, 0) is 66.6 Å². The lowest BCUT2D eigenvalue weighted by Crippen LogP contribution is -2.31. The van der Waals surface area contributed by atoms with Crippen molar-refractivity contribution in [2.75, 3.05) is 39.7 Å². The molecule has 0 bridgehead atoms. The molecule has 1 N–H and O–H groups in total. The van der Waals surface area contributed by atoms with Crippen LogP contribution in [0.4, 0.5) is 5.69 Å². The molecule has 3 atom stereocenters. The number of carbonyl (C=O) groups is 1. The Morgan fingerprint density at radius 1 is 1.00 bits per heavy atom. The summed E-state index contributed by atoms with van der Waals surface area (Å²) < 4.78 is 16.7. The van der Waals surface area contributed by atoms with Gasteiger partial charge in [0, 0.05) is 30.3 Å². The Hall–Kier alpha value is -3.15. The van der Waals surface area contributed by atoms with E-state index in [0.29, 0.717) is 23.2 Å². The van der Waals surface area contributed by atoms with Crippen LogP contribution in [0.1, 0.15) is 52.7 Å². The minimum atomic E-state index is 0.0938. The van der Waals surface area contributed by atoms with Crippen LogP contribution in [0.3, 0.4) is 0 Å². The second-order valence-electron chi connectivity index (χ2n) is 8.74. The van der Waals surface area contributed by atoms with Crippen LogP contribution in [0.5, 0.6) is 17.2 Å². The zero-order valence-electron chi connectivity index (χ0n) is 18.9. The molecule has 1 aliphatic carbocycles. The van der Waals surface area contributed by atoms with E-state index < -0.39 is 0 Å². The lowest BCUT2D eigenvalue weighted by atomic mass is 9.76. The number of nitrogens with zero attached hydrogens (tertiary/aromatic N) is 1. The van der Waals surface area contributed by atoms with Crippen molar-refractivity contribution < 1.29 is 19.0 Å². The number of methoxy groups -OCH3 is 3. The number of hydrogen-bond donors (Lipinski definition) is 1. The highest BCUT2D eigenvalue weighted by atomic mass is 16.5. The van der Waals surface area contributed by atoms with E-state index >= 15 is 0 Å². The van der Waals surface area contributed by atoms with Gasteiger partial charge in [0.25, 0.3) is 5.91 Å². The summed E-state index contributed by atoms with van der Waals surface area (Å²) in [6.45, 7) is 1.73. The Morgan fingerprint density at radius 3 is 2.38 bits per heavy atom. The first-order valence-corrected chi connectivity index (χ1v) is 11.3. The van der Waals surface area contributed by atoms with E-state index in [1.807, 2.05) is 23.1 Å². The molecule has 6 heteroatoms. The van der Waals surface area contributed by atoms with Crippen molar-refractivity contribution in [1.29, 1.82) is 0 Å². The van der Waals surface area contributed by atoms with Crippen LogP contribution in [0.2, 0.25) is 0 Å². The van der Waals surface area contributed by atoms with Gasteiger partial charge < -0.3 is 24.4 Å². The molecule has 1 saturated heterocycles. The largest absolute Gasteiger partial charge is 0.493 e. The molecule has 0 spiro atoms. The van der Waals surface area contributed by atoms with Gasteiger partial charge in [0.1, 0.15) is 0 Å². The zero-order valence-corrected chi connectivity index (χ0v) is 18.9. The van der Waals surface area contributed by atoms with Gasteiger partial charge in [-0.15, -0.1) is 0 Å². The summed E-state index contributed by atoms with van der Waals surface area (Å²) in [6, 6.07) is 10.3. The third kappa shape index (κ3) is 3.38. The summed E-state index contributed by atoms with van der Waals surface area (Å²) in [6.07, 6.45) is 7.72. The maximum Gasteiger partial charge on any atom is 0.253 e. The molecule has 2 aromatic carbocycles. The van der Waals surface area contributed by atoms with Crippen LogP contribution < -0.4 is 19.5 Å². The summed E-state index contributed by atoms with van der Waals surface area (Å²) in [5.74, 6) is 2.67. The quantitative estimate of drug-likeness (QED) is 0.687. The van der Waals surface area contributed by atoms with Gasteiger partial charge in [-0.1, -0.05) is 12.2 Å². The Kier molecular flexibility index (Phi) is 5.45. The Labute approximate surface area is 189 Å². The number of anilines is 1. The number of likely N-dealkylation sites (tertiary alicyclic amines) is 1. The predicted molar refractivity (Wildman–Crippen MR) is 124 cm³/mol. The number of carbonyl (C=O) groups excluding carboxylic acids is 1. The Balaban J connectivity index is 1.51. The summed E-state index contributed by atoms with van der Waals surface area (Å²) in [4.78, 5) is 14.9. The molecule has 3 aliphatic rings. The van der Waals surface area contributed by atoms with Gasteiger partial charge in [-0.3, -0.25) is 4.79 Å². The van der Waals surface area contributed by atoms with Crippen molar-refractivity contribution in [3.05, 3.63) is 59.2 Å². The van der Waals surface area contributed by atoms with Crippen molar-refractivity contribution >= 4 is 11.6 Å². The minimum Gasteiger partial charge on any atom is -0.493 e. The molecule has 2 heterocycles. The normalized spacial score (nSPS) is 23.3. The van der Waals surface area contributed by atoms with Crippen molar-refractivity contribution in [2.24, 2.45) is 5.92 Å². The van der Waals surface area contributed by atoms with Crippen molar-refractivity contribution in [3.63, 3.8) is 0 Å². The lowest BCUT2D eigenvalue weighted by Gasteiger charge is -2.38. The third-order valence-corrected chi connectivity index (χ3v) is 7.05. The SMILES string of the molecule is COc1cc(C2Nc3ccc(C(=O)N4CCCC4)cc3C3C=CCC32)cc(OC)c1OC. The van der Waals surface area contributed by atoms with E-state index in [1.54, 1.807) is 21.3 Å². The van der Waals surface area contributed by atoms with Crippen molar-refractivity contribution in [1.82, 2.24) is 4.90 Å². The van der Waals surface area contributed by atoms with Crippen LogP contribution in [0, 0.1) is 5.92 Å².